The Labute approximate surface area is 537 Å². The molecule has 0 aliphatic carbocycles. The van der Waals surface area contributed by atoms with Crippen LogP contribution in [0.5, 0.6) is 0 Å². The highest BCUT2D eigenvalue weighted by Crippen LogP contribution is 2.43. The molecule has 0 aromatic carbocycles. The highest BCUT2D eigenvalue weighted by Gasteiger charge is 2.26. The van der Waals surface area contributed by atoms with Crippen LogP contribution in [0.4, 0.5) is 0 Å². The standard InChI is InChI=1S/C77H136NO8P/c1-3-5-7-9-11-13-15-17-19-21-23-25-27-29-31-33-34-35-36-37-38-39-40-42-43-45-47-49-51-53-55-57-59-61-63-65-67-69-76(79)83-73-75(74-85-87(81,82)84-72-71-78)86-77(80)70-68-66-64-62-60-58-56-54-52-50-48-46-44-41-32-30-28-26-24-22-20-18-16-14-12-10-8-6-4-2/h6,8,12,14,18,20,24,26,30,32,44,46,50,52,56,58,62,64,75H,3-5,7,9-11,13,15-17,19,21-23,25,27-29,31,33-43,45,47-49,51,53-55,57,59-61,63,65-74,78H2,1-2H3,(H,81,82)/b8-6-,14-12-,20-18-,26-24-,32-30-,46-44-,52-50-,58-56-,64-62-. The Bertz CT molecular complexity index is 1800. The van der Waals surface area contributed by atoms with Gasteiger partial charge in [-0.05, 0) is 77.0 Å². The van der Waals surface area contributed by atoms with Gasteiger partial charge in [0.2, 0.25) is 0 Å². The number of carbonyl (C=O) groups is 2. The average Bonchev–Trinajstić information content (AvgIpc) is 3.63. The van der Waals surface area contributed by atoms with E-state index in [0.29, 0.717) is 12.8 Å². The molecule has 0 radical (unpaired) electrons. The molecule has 10 heteroatoms. The van der Waals surface area contributed by atoms with Gasteiger partial charge in [0.05, 0.1) is 13.2 Å². The van der Waals surface area contributed by atoms with E-state index in [1.54, 1.807) is 0 Å². The summed E-state index contributed by atoms with van der Waals surface area (Å²) < 4.78 is 33.1. The van der Waals surface area contributed by atoms with Crippen LogP contribution in [0.1, 0.15) is 335 Å². The summed E-state index contributed by atoms with van der Waals surface area (Å²) in [5.74, 6) is -0.892. The molecule has 0 aliphatic heterocycles. The second kappa shape index (κ2) is 71.7. The summed E-state index contributed by atoms with van der Waals surface area (Å²) in [5, 5.41) is 0. The van der Waals surface area contributed by atoms with Gasteiger partial charge in [-0.1, -0.05) is 354 Å². The summed E-state index contributed by atoms with van der Waals surface area (Å²) in [7, 11) is -4.42. The number of rotatable bonds is 68. The fourth-order valence-corrected chi connectivity index (χ4v) is 11.1. The van der Waals surface area contributed by atoms with Crippen molar-refractivity contribution in [3.8, 4) is 0 Å². The van der Waals surface area contributed by atoms with Crippen molar-refractivity contribution in [1.82, 2.24) is 0 Å². The van der Waals surface area contributed by atoms with E-state index >= 15 is 0 Å². The second-order valence-corrected chi connectivity index (χ2v) is 25.5. The van der Waals surface area contributed by atoms with Gasteiger partial charge in [-0.3, -0.25) is 18.6 Å². The van der Waals surface area contributed by atoms with Crippen LogP contribution in [0.3, 0.4) is 0 Å². The summed E-state index contributed by atoms with van der Waals surface area (Å²) in [6, 6.07) is 0. The van der Waals surface area contributed by atoms with E-state index in [4.69, 9.17) is 24.3 Å². The van der Waals surface area contributed by atoms with Crippen LogP contribution in [0.25, 0.3) is 0 Å². The minimum absolute atomic E-state index is 0.0398. The van der Waals surface area contributed by atoms with Crippen molar-refractivity contribution in [2.75, 3.05) is 26.4 Å². The summed E-state index contributed by atoms with van der Waals surface area (Å²) in [4.78, 5) is 35.3. The maximum absolute atomic E-state index is 12.7. The lowest BCUT2D eigenvalue weighted by atomic mass is 10.0. The minimum Gasteiger partial charge on any atom is -0.462 e. The zero-order valence-corrected chi connectivity index (χ0v) is 57.4. The largest absolute Gasteiger partial charge is 0.472 e. The number of hydrogen-bond acceptors (Lipinski definition) is 8. The molecule has 0 fully saturated rings. The number of phosphoric ester groups is 1. The van der Waals surface area contributed by atoms with Crippen molar-refractivity contribution in [3.63, 3.8) is 0 Å². The summed E-state index contributed by atoms with van der Waals surface area (Å²) in [6.45, 7) is 3.60. The number of unbranched alkanes of at least 4 members (excludes halogenated alkanes) is 37. The van der Waals surface area contributed by atoms with Crippen LogP contribution >= 0.6 is 7.82 Å². The lowest BCUT2D eigenvalue weighted by molar-refractivity contribution is -0.161. The normalized spacial score (nSPS) is 13.6. The van der Waals surface area contributed by atoms with Crippen molar-refractivity contribution in [2.24, 2.45) is 5.73 Å². The molecular formula is C77H136NO8P. The minimum atomic E-state index is -4.42. The Hall–Kier alpha value is -3.33. The van der Waals surface area contributed by atoms with Crippen molar-refractivity contribution in [1.29, 1.82) is 0 Å². The van der Waals surface area contributed by atoms with Crippen LogP contribution < -0.4 is 5.73 Å². The molecule has 2 atom stereocenters. The molecule has 9 nitrogen and oxygen atoms in total. The Morgan fingerprint density at radius 1 is 0.356 bits per heavy atom. The topological polar surface area (TPSA) is 134 Å². The molecule has 87 heavy (non-hydrogen) atoms. The Kier molecular flexibility index (Phi) is 69.0. The first-order valence-corrected chi connectivity index (χ1v) is 37.9. The summed E-state index contributed by atoms with van der Waals surface area (Å²) >= 11 is 0. The highest BCUT2D eigenvalue weighted by atomic mass is 31.2. The number of ether oxygens (including phenoxy) is 2. The van der Waals surface area contributed by atoms with E-state index in [2.05, 4.69) is 117 Å². The quantitative estimate of drug-likeness (QED) is 0.0264. The molecule has 0 aromatic rings. The van der Waals surface area contributed by atoms with Crippen LogP contribution in [-0.4, -0.2) is 49.3 Å². The van der Waals surface area contributed by atoms with Gasteiger partial charge in [0, 0.05) is 19.4 Å². The van der Waals surface area contributed by atoms with Gasteiger partial charge in [-0.2, -0.15) is 0 Å². The molecule has 0 bridgehead atoms. The number of hydrogen-bond donors (Lipinski definition) is 2. The first kappa shape index (κ1) is 83.7. The van der Waals surface area contributed by atoms with E-state index < -0.39 is 32.5 Å². The molecule has 2 unspecified atom stereocenters. The fraction of sp³-hybridized carbons (Fsp3) is 0.740. The summed E-state index contributed by atoms with van der Waals surface area (Å²) in [5.41, 5.74) is 5.40. The number of carbonyl (C=O) groups excluding carboxylic acids is 2. The molecule has 3 N–H and O–H groups in total. The van der Waals surface area contributed by atoms with E-state index in [0.717, 1.165) is 77.0 Å². The lowest BCUT2D eigenvalue weighted by Crippen LogP contribution is -2.29. The predicted octanol–water partition coefficient (Wildman–Crippen LogP) is 24.1. The van der Waals surface area contributed by atoms with Crippen molar-refractivity contribution < 1.29 is 37.6 Å². The van der Waals surface area contributed by atoms with Gasteiger partial charge in [0.15, 0.2) is 6.10 Å². The monoisotopic (exact) mass is 1230 g/mol. The molecule has 0 saturated carbocycles. The van der Waals surface area contributed by atoms with E-state index in [9.17, 15) is 19.0 Å². The number of phosphoric acid groups is 1. The molecule has 0 rings (SSSR count). The van der Waals surface area contributed by atoms with Gasteiger partial charge < -0.3 is 20.1 Å². The molecule has 502 valence electrons. The lowest BCUT2D eigenvalue weighted by Gasteiger charge is -2.19. The maximum atomic E-state index is 12.7. The molecule has 0 amide bonds. The Morgan fingerprint density at radius 2 is 0.632 bits per heavy atom. The average molecular weight is 1230 g/mol. The van der Waals surface area contributed by atoms with Crippen molar-refractivity contribution in [3.05, 3.63) is 109 Å². The third-order valence-electron chi connectivity index (χ3n) is 15.7. The Morgan fingerprint density at radius 3 is 0.931 bits per heavy atom. The molecule has 0 saturated heterocycles. The fourth-order valence-electron chi connectivity index (χ4n) is 10.3. The SMILES string of the molecule is CC/C=C\C/C=C\C/C=C\C/C=C\C/C=C\C/C=C\C/C=C\C/C=C\C/C=C\CCCC(=O)OC(COC(=O)CCCCCCCCCCCCCCCCCCCCCCCCCCCCCCCCCCCCCCC)COP(=O)(O)OCCN. The van der Waals surface area contributed by atoms with Crippen LogP contribution in [0, 0.1) is 0 Å². The predicted molar refractivity (Wildman–Crippen MR) is 376 cm³/mol. The number of esters is 2. The maximum Gasteiger partial charge on any atom is 0.472 e. The molecule has 0 aromatic heterocycles. The van der Waals surface area contributed by atoms with Crippen molar-refractivity contribution in [2.45, 2.75) is 341 Å². The van der Waals surface area contributed by atoms with Gasteiger partial charge in [0.25, 0.3) is 0 Å². The first-order chi connectivity index (χ1) is 42.8. The van der Waals surface area contributed by atoms with Gasteiger partial charge in [-0.15, -0.1) is 0 Å². The molecule has 0 heterocycles. The van der Waals surface area contributed by atoms with Crippen LogP contribution in [0.15, 0.2) is 109 Å². The third-order valence-corrected chi connectivity index (χ3v) is 16.7. The smallest absolute Gasteiger partial charge is 0.462 e. The summed E-state index contributed by atoms with van der Waals surface area (Å²) in [6.07, 6.45) is 99.4. The van der Waals surface area contributed by atoms with Gasteiger partial charge in [-0.25, -0.2) is 4.57 Å². The number of allylic oxidation sites excluding steroid dienone is 18. The third kappa shape index (κ3) is 71.6. The van der Waals surface area contributed by atoms with Gasteiger partial charge >= 0.3 is 19.8 Å². The van der Waals surface area contributed by atoms with Crippen molar-refractivity contribution >= 4 is 19.8 Å². The van der Waals surface area contributed by atoms with E-state index in [-0.39, 0.29) is 32.6 Å². The zero-order chi connectivity index (χ0) is 63.0. The molecule has 0 spiro atoms. The van der Waals surface area contributed by atoms with E-state index in [1.165, 1.54) is 218 Å². The van der Waals surface area contributed by atoms with Crippen LogP contribution in [0.2, 0.25) is 0 Å². The molecule has 0 aliphatic rings. The first-order valence-electron chi connectivity index (χ1n) is 36.4. The van der Waals surface area contributed by atoms with E-state index in [1.807, 2.05) is 6.08 Å². The number of nitrogens with two attached hydrogens (primary N) is 1. The Balaban J connectivity index is 3.91. The zero-order valence-electron chi connectivity index (χ0n) is 56.5. The second-order valence-electron chi connectivity index (χ2n) is 24.1. The van der Waals surface area contributed by atoms with Crippen LogP contribution in [-0.2, 0) is 32.7 Å². The molecular weight excluding hydrogens is 1100 g/mol. The van der Waals surface area contributed by atoms with Gasteiger partial charge in [0.1, 0.15) is 6.61 Å². The highest BCUT2D eigenvalue weighted by molar-refractivity contribution is 7.47.